The monoisotopic (exact) mass is 421 g/mol. The van der Waals surface area contributed by atoms with Crippen LogP contribution in [-0.2, 0) is 4.79 Å². The van der Waals surface area contributed by atoms with Gasteiger partial charge in [-0.2, -0.15) is 4.98 Å². The second-order valence-corrected chi connectivity index (χ2v) is 6.75. The van der Waals surface area contributed by atoms with Crippen LogP contribution in [0.25, 0.3) is 0 Å². The van der Waals surface area contributed by atoms with Crippen molar-refractivity contribution in [1.29, 1.82) is 0 Å². The summed E-state index contributed by atoms with van der Waals surface area (Å²) in [6.07, 6.45) is 4.19. The topological polar surface area (TPSA) is 140 Å². The van der Waals surface area contributed by atoms with Crippen molar-refractivity contribution in [1.82, 2.24) is 15.0 Å². The standard InChI is InChI=1S/C15H16BrN7O3/c16-10-3-4-12(18-6-10)20-14(24)9-2-1-5-22(8-9)15-19-7-11(23(25)26)13(17)21-15/h3-4,6-7,9H,1-2,5,8H2,(H2,17,19,21)(H,18,20,24). The van der Waals surface area contributed by atoms with Gasteiger partial charge in [-0.3, -0.25) is 14.9 Å². The van der Waals surface area contributed by atoms with E-state index in [1.165, 1.54) is 0 Å². The molecule has 11 heteroatoms. The lowest BCUT2D eigenvalue weighted by Crippen LogP contribution is -2.41. The van der Waals surface area contributed by atoms with Crippen LogP contribution in [0.15, 0.2) is 29.0 Å². The molecular formula is C15H16BrN7O3. The maximum Gasteiger partial charge on any atom is 0.329 e. The molecule has 1 aliphatic heterocycles. The minimum Gasteiger partial charge on any atom is -0.378 e. The molecule has 3 rings (SSSR count). The number of nitro groups is 1. The SMILES string of the molecule is Nc1nc(N2CCCC(C(=O)Nc3ccc(Br)cn3)C2)ncc1[N+](=O)[O-]. The molecule has 3 N–H and O–H groups in total. The molecule has 0 aromatic carbocycles. The summed E-state index contributed by atoms with van der Waals surface area (Å²) < 4.78 is 0.826. The molecule has 0 radical (unpaired) electrons. The number of nitrogens with zero attached hydrogens (tertiary/aromatic N) is 5. The Bertz CT molecular complexity index is 830. The third-order valence-electron chi connectivity index (χ3n) is 4.04. The van der Waals surface area contributed by atoms with Crippen molar-refractivity contribution in [2.45, 2.75) is 12.8 Å². The van der Waals surface area contributed by atoms with Crippen molar-refractivity contribution >= 4 is 45.1 Å². The van der Waals surface area contributed by atoms with Crippen molar-refractivity contribution in [3.8, 4) is 0 Å². The number of piperidine rings is 1. The molecule has 0 spiro atoms. The van der Waals surface area contributed by atoms with Crippen LogP contribution >= 0.6 is 15.9 Å². The molecule has 0 aliphatic carbocycles. The summed E-state index contributed by atoms with van der Waals surface area (Å²) in [4.78, 5) is 36.6. The summed E-state index contributed by atoms with van der Waals surface area (Å²) in [6, 6.07) is 3.51. The van der Waals surface area contributed by atoms with E-state index in [1.807, 2.05) is 4.90 Å². The minimum atomic E-state index is -0.628. The van der Waals surface area contributed by atoms with E-state index in [2.05, 4.69) is 36.2 Å². The van der Waals surface area contributed by atoms with Gasteiger partial charge < -0.3 is 16.0 Å². The smallest absolute Gasteiger partial charge is 0.329 e. The highest BCUT2D eigenvalue weighted by Crippen LogP contribution is 2.25. The van der Waals surface area contributed by atoms with Gasteiger partial charge in [-0.1, -0.05) is 0 Å². The van der Waals surface area contributed by atoms with E-state index in [-0.39, 0.29) is 29.3 Å². The Hall–Kier alpha value is -2.82. The molecule has 3 heterocycles. The lowest BCUT2D eigenvalue weighted by atomic mass is 9.97. The highest BCUT2D eigenvalue weighted by molar-refractivity contribution is 9.10. The van der Waals surface area contributed by atoms with Crippen LogP contribution in [0.4, 0.5) is 23.3 Å². The van der Waals surface area contributed by atoms with Crippen molar-refractivity contribution in [3.63, 3.8) is 0 Å². The fourth-order valence-corrected chi connectivity index (χ4v) is 2.96. The highest BCUT2D eigenvalue weighted by Gasteiger charge is 2.28. The normalized spacial score (nSPS) is 17.0. The van der Waals surface area contributed by atoms with Crippen LogP contribution in [-0.4, -0.2) is 38.9 Å². The maximum atomic E-state index is 12.5. The first kappa shape index (κ1) is 18.0. The van der Waals surface area contributed by atoms with Gasteiger partial charge in [0.25, 0.3) is 0 Å². The third-order valence-corrected chi connectivity index (χ3v) is 4.50. The quantitative estimate of drug-likeness (QED) is 0.563. The maximum absolute atomic E-state index is 12.5. The molecule has 1 fully saturated rings. The Balaban J connectivity index is 1.68. The van der Waals surface area contributed by atoms with Crippen molar-refractivity contribution in [3.05, 3.63) is 39.1 Å². The molecule has 2 aromatic heterocycles. The number of pyridine rings is 1. The molecule has 0 saturated carbocycles. The van der Waals surface area contributed by atoms with Crippen LogP contribution in [0.3, 0.4) is 0 Å². The van der Waals surface area contributed by atoms with Crippen LogP contribution in [0.2, 0.25) is 0 Å². The van der Waals surface area contributed by atoms with Gasteiger partial charge in [0.15, 0.2) is 0 Å². The summed E-state index contributed by atoms with van der Waals surface area (Å²) in [6.45, 7) is 1.05. The van der Waals surface area contributed by atoms with Gasteiger partial charge in [-0.05, 0) is 40.9 Å². The van der Waals surface area contributed by atoms with Crippen LogP contribution in [0, 0.1) is 16.0 Å². The minimum absolute atomic E-state index is 0.139. The zero-order valence-corrected chi connectivity index (χ0v) is 15.2. The molecule has 1 aliphatic rings. The number of rotatable bonds is 4. The first-order valence-electron chi connectivity index (χ1n) is 7.88. The molecule has 1 atom stereocenters. The summed E-state index contributed by atoms with van der Waals surface area (Å²) in [5.74, 6) is 0.165. The largest absolute Gasteiger partial charge is 0.378 e. The Morgan fingerprint density at radius 3 is 2.85 bits per heavy atom. The van der Waals surface area contributed by atoms with Crippen LogP contribution < -0.4 is 16.0 Å². The molecule has 2 aromatic rings. The van der Waals surface area contributed by atoms with Gasteiger partial charge in [-0.15, -0.1) is 0 Å². The predicted molar refractivity (Wildman–Crippen MR) is 98.6 cm³/mol. The number of halogens is 1. The molecule has 10 nitrogen and oxygen atoms in total. The van der Waals surface area contributed by atoms with E-state index in [4.69, 9.17) is 5.73 Å². The molecular weight excluding hydrogens is 406 g/mol. The van der Waals surface area contributed by atoms with Gasteiger partial charge in [0.1, 0.15) is 12.0 Å². The first-order valence-corrected chi connectivity index (χ1v) is 8.67. The van der Waals surface area contributed by atoms with Gasteiger partial charge in [-0.25, -0.2) is 9.97 Å². The predicted octanol–water partition coefficient (Wildman–Crippen LogP) is 1.98. The van der Waals surface area contributed by atoms with E-state index < -0.39 is 4.92 Å². The van der Waals surface area contributed by atoms with Crippen molar-refractivity contribution in [2.75, 3.05) is 29.0 Å². The zero-order chi connectivity index (χ0) is 18.7. The lowest BCUT2D eigenvalue weighted by Gasteiger charge is -2.31. The van der Waals surface area contributed by atoms with E-state index in [1.54, 1.807) is 18.3 Å². The van der Waals surface area contributed by atoms with E-state index in [9.17, 15) is 14.9 Å². The van der Waals surface area contributed by atoms with Crippen LogP contribution in [0.1, 0.15) is 12.8 Å². The van der Waals surface area contributed by atoms with Crippen molar-refractivity contribution < 1.29 is 9.72 Å². The molecule has 1 unspecified atom stereocenters. The Morgan fingerprint density at radius 2 is 2.19 bits per heavy atom. The van der Waals surface area contributed by atoms with E-state index in [0.29, 0.717) is 18.9 Å². The lowest BCUT2D eigenvalue weighted by molar-refractivity contribution is -0.384. The number of nitrogen functional groups attached to an aromatic ring is 1. The third kappa shape index (κ3) is 4.04. The zero-order valence-electron chi connectivity index (χ0n) is 13.6. The Kier molecular flexibility index (Phi) is 5.26. The fraction of sp³-hybridized carbons (Fsp3) is 0.333. The van der Waals surface area contributed by atoms with Crippen molar-refractivity contribution in [2.24, 2.45) is 5.92 Å². The van der Waals surface area contributed by atoms with Crippen LogP contribution in [0.5, 0.6) is 0 Å². The molecule has 1 amide bonds. The average molecular weight is 422 g/mol. The molecule has 26 heavy (non-hydrogen) atoms. The van der Waals surface area contributed by atoms with Gasteiger partial charge in [0.2, 0.25) is 17.7 Å². The van der Waals surface area contributed by atoms with E-state index >= 15 is 0 Å². The number of nitrogens with one attached hydrogen (secondary N) is 1. The van der Waals surface area contributed by atoms with Gasteiger partial charge in [0, 0.05) is 23.8 Å². The average Bonchev–Trinajstić information content (AvgIpc) is 2.63. The summed E-state index contributed by atoms with van der Waals surface area (Å²) in [5.41, 5.74) is 5.29. The molecule has 1 saturated heterocycles. The number of anilines is 3. The molecule has 0 bridgehead atoms. The second kappa shape index (κ2) is 7.60. The Morgan fingerprint density at radius 1 is 1.38 bits per heavy atom. The van der Waals surface area contributed by atoms with Gasteiger partial charge >= 0.3 is 5.69 Å². The number of hydrogen-bond acceptors (Lipinski definition) is 8. The number of carbonyl (C=O) groups is 1. The number of aromatic nitrogens is 3. The van der Waals surface area contributed by atoms with Gasteiger partial charge in [0.05, 0.1) is 10.8 Å². The number of carbonyl (C=O) groups excluding carboxylic acids is 1. The number of amides is 1. The summed E-state index contributed by atoms with van der Waals surface area (Å²) >= 11 is 3.29. The number of hydrogen-bond donors (Lipinski definition) is 2. The van der Waals surface area contributed by atoms with E-state index in [0.717, 1.165) is 23.5 Å². The fourth-order valence-electron chi connectivity index (χ4n) is 2.72. The highest BCUT2D eigenvalue weighted by atomic mass is 79.9. The first-order chi connectivity index (χ1) is 12.4. The second-order valence-electron chi connectivity index (χ2n) is 5.83. The Labute approximate surface area is 157 Å². The summed E-state index contributed by atoms with van der Waals surface area (Å²) in [5, 5.41) is 13.6. The summed E-state index contributed by atoms with van der Waals surface area (Å²) in [7, 11) is 0. The molecule has 136 valence electrons. The number of nitrogens with two attached hydrogens (primary N) is 1.